The van der Waals surface area contributed by atoms with Crippen molar-refractivity contribution >= 4 is 51.2 Å². The minimum Gasteiger partial charge on any atom is -0.491 e. The summed E-state index contributed by atoms with van der Waals surface area (Å²) < 4.78 is 18.1. The van der Waals surface area contributed by atoms with Crippen LogP contribution in [0.15, 0.2) is 29.6 Å². The number of likely N-dealkylation sites (tertiary alicyclic amines) is 1. The number of aliphatic carboxylic acids is 1. The van der Waals surface area contributed by atoms with Gasteiger partial charge < -0.3 is 45.3 Å². The van der Waals surface area contributed by atoms with Crippen LogP contribution in [0.1, 0.15) is 87.0 Å². The molecular weight excluding hydrogens is 753 g/mol. The number of rotatable bonds is 15. The second-order valence-electron chi connectivity index (χ2n) is 17.0. The Hall–Kier alpha value is -4.70. The van der Waals surface area contributed by atoms with Crippen LogP contribution >= 0.6 is 11.3 Å². The minimum absolute atomic E-state index is 0.0202. The molecule has 3 heterocycles. The van der Waals surface area contributed by atoms with Crippen molar-refractivity contribution in [1.82, 2.24) is 25.5 Å². The first-order valence-corrected chi connectivity index (χ1v) is 20.8. The zero-order valence-electron chi connectivity index (χ0n) is 33.8. The average molecular weight is 809 g/mol. The van der Waals surface area contributed by atoms with Gasteiger partial charge in [0.05, 0.1) is 24.4 Å². The number of aromatic nitrogens is 2. The molecular formula is C41H56N6O9S. The first-order chi connectivity index (χ1) is 27.0. The summed E-state index contributed by atoms with van der Waals surface area (Å²) in [7, 11) is 0. The van der Waals surface area contributed by atoms with Crippen molar-refractivity contribution in [1.29, 1.82) is 0 Å². The summed E-state index contributed by atoms with van der Waals surface area (Å²) in [6.45, 7) is 13.4. The van der Waals surface area contributed by atoms with Crippen LogP contribution in [0.25, 0.3) is 22.3 Å². The third-order valence-electron chi connectivity index (χ3n) is 11.0. The van der Waals surface area contributed by atoms with Crippen LogP contribution in [-0.4, -0.2) is 105 Å². The van der Waals surface area contributed by atoms with E-state index in [2.05, 4.69) is 22.9 Å². The van der Waals surface area contributed by atoms with Crippen LogP contribution in [-0.2, 0) is 19.1 Å². The molecule has 1 aliphatic heterocycles. The first-order valence-electron chi connectivity index (χ1n) is 19.9. The third kappa shape index (κ3) is 9.54. The Balaban J connectivity index is 1.32. The molecule has 3 fully saturated rings. The average Bonchev–Trinajstić information content (AvgIpc) is 3.46. The Bertz CT molecular complexity index is 1970. The number of nitrogens with one attached hydrogen (secondary N) is 3. The maximum absolute atomic E-state index is 14.7. The molecule has 5 N–H and O–H groups in total. The highest BCUT2D eigenvalue weighted by Crippen LogP contribution is 2.46. The molecule has 2 saturated carbocycles. The largest absolute Gasteiger partial charge is 0.491 e. The van der Waals surface area contributed by atoms with Gasteiger partial charge in [0.25, 0.3) is 0 Å². The second-order valence-corrected chi connectivity index (χ2v) is 17.9. The van der Waals surface area contributed by atoms with Gasteiger partial charge in [0.2, 0.25) is 11.8 Å². The maximum Gasteiger partial charge on any atom is 0.408 e. The number of hydrogen-bond acceptors (Lipinski definition) is 12. The van der Waals surface area contributed by atoms with Gasteiger partial charge in [-0.15, -0.1) is 11.3 Å². The second kappa shape index (κ2) is 17.0. The van der Waals surface area contributed by atoms with Crippen LogP contribution in [0.3, 0.4) is 0 Å². The van der Waals surface area contributed by atoms with E-state index >= 15 is 0 Å². The SMILES string of the molecule is CC[C@@H]1C[C@]1(NC(=O)[C@@H]1C[C@@H](Oc2cc(-c3csc(NC(C)C)n3)nc3cc(OCCO)ccc23)CN1C(=O)[C@@H](NC(=O)O[C@H]1CC[C@@H](C)C1)C(C)(C)C)C(=O)O. The smallest absolute Gasteiger partial charge is 0.408 e. The summed E-state index contributed by atoms with van der Waals surface area (Å²) >= 11 is 1.44. The number of alkyl carbamates (subject to hydrolysis) is 1. The molecule has 0 unspecified atom stereocenters. The highest BCUT2D eigenvalue weighted by Gasteiger charge is 2.61. The van der Waals surface area contributed by atoms with Crippen LogP contribution in [0.4, 0.5) is 9.93 Å². The molecule has 2 aromatic heterocycles. The lowest BCUT2D eigenvalue weighted by Gasteiger charge is -2.35. The topological polar surface area (TPSA) is 202 Å². The van der Waals surface area contributed by atoms with E-state index in [9.17, 15) is 29.4 Å². The maximum atomic E-state index is 14.7. The Labute approximate surface area is 337 Å². The number of hydrogen-bond donors (Lipinski definition) is 5. The number of carboxylic acid groups (broad SMARTS) is 1. The van der Waals surface area contributed by atoms with Crippen molar-refractivity contribution in [2.75, 3.05) is 25.1 Å². The van der Waals surface area contributed by atoms with Crippen molar-refractivity contribution < 1.29 is 43.6 Å². The van der Waals surface area contributed by atoms with E-state index in [4.69, 9.17) is 24.2 Å². The normalized spacial score (nSPS) is 24.9. The first kappa shape index (κ1) is 41.9. The highest BCUT2D eigenvalue weighted by atomic mass is 32.1. The summed E-state index contributed by atoms with van der Waals surface area (Å²) in [5, 5.41) is 31.7. The Kier molecular flexibility index (Phi) is 12.5. The standard InChI is InChI=1S/C41H56N6O9S/c1-8-24-19-41(24,37(51)52)46-35(49)32-17-27(20-47(32)36(50)34(40(5,6)7)45-39(53)56-26-10-9-23(4)15-26)55-33-18-30(31-21-57-38(44-31)42-22(2)3)43-29-16-25(54-14-13-48)11-12-28(29)33/h11-12,16,18,21-24,26-27,32,34,48H,8-10,13-15,17,19-20H2,1-7H3,(H,42,44)(H,45,53)(H,46,49)(H,51,52)/t23-,24-,26+,27-,32+,34-,41-/m1/s1. The van der Waals surface area contributed by atoms with E-state index in [1.165, 1.54) is 16.2 Å². The highest BCUT2D eigenvalue weighted by molar-refractivity contribution is 7.14. The molecule has 1 saturated heterocycles. The van der Waals surface area contributed by atoms with E-state index in [0.29, 0.717) is 52.5 Å². The number of carboxylic acids is 1. The van der Waals surface area contributed by atoms with Crippen molar-refractivity contribution in [2.24, 2.45) is 17.3 Å². The van der Waals surface area contributed by atoms with E-state index < -0.39 is 53.0 Å². The minimum atomic E-state index is -1.41. The van der Waals surface area contributed by atoms with Crippen LogP contribution < -0.4 is 25.4 Å². The van der Waals surface area contributed by atoms with Gasteiger partial charge in [-0.1, -0.05) is 41.0 Å². The Morgan fingerprint density at radius 2 is 1.84 bits per heavy atom. The zero-order valence-corrected chi connectivity index (χ0v) is 34.6. The molecule has 57 heavy (non-hydrogen) atoms. The number of benzene rings is 1. The number of carbonyl (C=O) groups is 4. The number of carbonyl (C=O) groups excluding carboxylic acids is 3. The number of thiazole rings is 1. The molecule has 310 valence electrons. The number of aliphatic hydroxyl groups is 1. The quantitative estimate of drug-likeness (QED) is 0.128. The monoisotopic (exact) mass is 808 g/mol. The summed E-state index contributed by atoms with van der Waals surface area (Å²) in [4.78, 5) is 65.6. The number of fused-ring (bicyclic) bond motifs is 1. The van der Waals surface area contributed by atoms with Crippen molar-refractivity contribution in [3.05, 3.63) is 29.6 Å². The lowest BCUT2D eigenvalue weighted by Crippen LogP contribution is -2.59. The van der Waals surface area contributed by atoms with Crippen LogP contribution in [0.2, 0.25) is 0 Å². The zero-order chi connectivity index (χ0) is 41.2. The van der Waals surface area contributed by atoms with Gasteiger partial charge in [0.15, 0.2) is 5.13 Å². The molecule has 6 rings (SSSR count). The number of amides is 3. The van der Waals surface area contributed by atoms with Crippen molar-refractivity contribution in [3.63, 3.8) is 0 Å². The number of pyridine rings is 1. The van der Waals surface area contributed by atoms with Gasteiger partial charge in [-0.3, -0.25) is 9.59 Å². The fraction of sp³-hybridized carbons (Fsp3) is 0.610. The molecule has 7 atom stereocenters. The fourth-order valence-corrected chi connectivity index (χ4v) is 8.74. The molecule has 3 aliphatic rings. The van der Waals surface area contributed by atoms with E-state index in [0.717, 1.165) is 24.4 Å². The predicted molar refractivity (Wildman–Crippen MR) is 215 cm³/mol. The number of ether oxygens (including phenoxy) is 3. The lowest BCUT2D eigenvalue weighted by molar-refractivity contribution is -0.146. The number of nitrogens with zero attached hydrogens (tertiary/aromatic N) is 3. The summed E-state index contributed by atoms with van der Waals surface area (Å²) in [6, 6.07) is 5.08. The van der Waals surface area contributed by atoms with Gasteiger partial charge in [-0.25, -0.2) is 19.6 Å². The molecule has 16 heteroatoms. The number of anilines is 1. The van der Waals surface area contributed by atoms with Gasteiger partial charge in [-0.05, 0) is 68.9 Å². The molecule has 3 amide bonds. The predicted octanol–water partition coefficient (Wildman–Crippen LogP) is 5.60. The molecule has 0 bridgehead atoms. The van der Waals surface area contributed by atoms with Crippen molar-refractivity contribution in [2.45, 2.75) is 123 Å². The van der Waals surface area contributed by atoms with Gasteiger partial charge in [-0.2, -0.15) is 0 Å². The van der Waals surface area contributed by atoms with Gasteiger partial charge in [0.1, 0.15) is 53.6 Å². The summed E-state index contributed by atoms with van der Waals surface area (Å²) in [5.74, 6) is -1.07. The number of aliphatic hydroxyl groups excluding tert-OH is 1. The molecule has 0 spiro atoms. The summed E-state index contributed by atoms with van der Waals surface area (Å²) in [6.07, 6.45) is 1.73. The van der Waals surface area contributed by atoms with Gasteiger partial charge in [0, 0.05) is 35.4 Å². The van der Waals surface area contributed by atoms with E-state index in [1.807, 2.05) is 46.9 Å². The Morgan fingerprint density at radius 3 is 2.47 bits per heavy atom. The van der Waals surface area contributed by atoms with E-state index in [-0.39, 0.29) is 44.2 Å². The molecule has 3 aromatic rings. The summed E-state index contributed by atoms with van der Waals surface area (Å²) in [5.41, 5.74) is -0.511. The Morgan fingerprint density at radius 1 is 1.07 bits per heavy atom. The van der Waals surface area contributed by atoms with E-state index in [1.54, 1.807) is 24.3 Å². The van der Waals surface area contributed by atoms with Crippen LogP contribution in [0, 0.1) is 17.3 Å². The molecule has 2 aliphatic carbocycles. The third-order valence-corrected chi connectivity index (χ3v) is 11.8. The fourth-order valence-electron chi connectivity index (χ4n) is 7.89. The molecule has 0 radical (unpaired) electrons. The molecule has 1 aromatic carbocycles. The molecule has 15 nitrogen and oxygen atoms in total. The lowest BCUT2D eigenvalue weighted by atomic mass is 9.85. The van der Waals surface area contributed by atoms with Gasteiger partial charge >= 0.3 is 12.1 Å². The van der Waals surface area contributed by atoms with Crippen LogP contribution in [0.5, 0.6) is 11.5 Å². The van der Waals surface area contributed by atoms with Crippen molar-refractivity contribution in [3.8, 4) is 22.9 Å².